The van der Waals surface area contributed by atoms with Crippen molar-refractivity contribution in [3.8, 4) is 0 Å². The average molecular weight is 546 g/mol. The van der Waals surface area contributed by atoms with Crippen molar-refractivity contribution in [3.05, 3.63) is 65.5 Å². The maximum absolute atomic E-state index is 13.6. The molecule has 0 aromatic heterocycles. The van der Waals surface area contributed by atoms with E-state index in [4.69, 9.17) is 0 Å². The predicted octanol–water partition coefficient (Wildman–Crippen LogP) is 4.94. The van der Waals surface area contributed by atoms with E-state index in [1.54, 1.807) is 29.2 Å². The summed E-state index contributed by atoms with van der Waals surface area (Å²) in [6.07, 6.45) is 7.17. The number of benzene rings is 2. The molecule has 1 saturated carbocycles. The summed E-state index contributed by atoms with van der Waals surface area (Å²) < 4.78 is 39.9. The van der Waals surface area contributed by atoms with Crippen molar-refractivity contribution >= 4 is 27.5 Å². The van der Waals surface area contributed by atoms with Gasteiger partial charge < -0.3 is 10.2 Å². The molecular weight excluding hydrogens is 505 g/mol. The Balaban J connectivity index is 1.76. The van der Waals surface area contributed by atoms with Gasteiger partial charge in [-0.1, -0.05) is 56.5 Å². The topological polar surface area (TPSA) is 86.8 Å². The molecule has 1 N–H and O–H groups in total. The van der Waals surface area contributed by atoms with Gasteiger partial charge in [-0.15, -0.1) is 0 Å². The Morgan fingerprint density at radius 3 is 2.32 bits per heavy atom. The number of rotatable bonds is 12. The Morgan fingerprint density at radius 1 is 1.05 bits per heavy atom. The Bertz CT molecular complexity index is 1180. The summed E-state index contributed by atoms with van der Waals surface area (Å²) in [5.41, 5.74) is 2.14. The zero-order valence-electron chi connectivity index (χ0n) is 22.7. The van der Waals surface area contributed by atoms with E-state index >= 15 is 0 Å². The van der Waals surface area contributed by atoms with Gasteiger partial charge in [0.05, 0.1) is 11.9 Å². The third kappa shape index (κ3) is 8.28. The molecule has 0 radical (unpaired) electrons. The molecule has 0 saturated heterocycles. The van der Waals surface area contributed by atoms with E-state index in [1.807, 2.05) is 26.0 Å². The van der Waals surface area contributed by atoms with E-state index in [9.17, 15) is 22.4 Å². The van der Waals surface area contributed by atoms with Crippen LogP contribution in [0.15, 0.2) is 48.5 Å². The molecule has 0 heterocycles. The second-order valence-corrected chi connectivity index (χ2v) is 12.0. The van der Waals surface area contributed by atoms with Crippen molar-refractivity contribution in [3.63, 3.8) is 0 Å². The number of amides is 2. The van der Waals surface area contributed by atoms with Gasteiger partial charge in [-0.2, -0.15) is 0 Å². The van der Waals surface area contributed by atoms with Gasteiger partial charge in [-0.05, 0) is 61.9 Å². The number of para-hydroxylation sites is 1. The number of nitrogens with one attached hydrogen (secondary N) is 1. The number of aryl methyl sites for hydroxylation is 1. The fourth-order valence-electron chi connectivity index (χ4n) is 5.08. The van der Waals surface area contributed by atoms with Crippen molar-refractivity contribution in [2.45, 2.75) is 83.8 Å². The molecule has 0 spiro atoms. The van der Waals surface area contributed by atoms with Gasteiger partial charge in [0.15, 0.2) is 0 Å². The summed E-state index contributed by atoms with van der Waals surface area (Å²) in [6.45, 7) is 4.04. The second-order valence-electron chi connectivity index (χ2n) is 10.1. The molecule has 0 unspecified atom stereocenters. The second kappa shape index (κ2) is 13.7. The highest BCUT2D eigenvalue weighted by molar-refractivity contribution is 7.92. The number of hydrogen-bond donors (Lipinski definition) is 1. The van der Waals surface area contributed by atoms with E-state index in [-0.39, 0.29) is 43.2 Å². The van der Waals surface area contributed by atoms with Gasteiger partial charge in [0.2, 0.25) is 21.8 Å². The van der Waals surface area contributed by atoms with E-state index < -0.39 is 16.1 Å². The number of carbonyl (C=O) groups is 2. The largest absolute Gasteiger partial charge is 0.352 e. The molecule has 9 heteroatoms. The molecular formula is C29H40FN3O4S. The number of carbonyl (C=O) groups excluding carboxylic acids is 2. The molecule has 1 fully saturated rings. The van der Waals surface area contributed by atoms with Crippen LogP contribution in [0.25, 0.3) is 0 Å². The molecule has 1 aliphatic carbocycles. The first-order valence-corrected chi connectivity index (χ1v) is 15.3. The number of anilines is 1. The first kappa shape index (κ1) is 29.6. The van der Waals surface area contributed by atoms with Crippen molar-refractivity contribution in [1.29, 1.82) is 0 Å². The van der Waals surface area contributed by atoms with E-state index in [1.165, 1.54) is 22.9 Å². The van der Waals surface area contributed by atoms with Crippen LogP contribution in [0.1, 0.15) is 69.4 Å². The smallest absolute Gasteiger partial charge is 0.243 e. The Labute approximate surface area is 226 Å². The minimum absolute atomic E-state index is 0.0757. The van der Waals surface area contributed by atoms with Crippen LogP contribution in [0.3, 0.4) is 0 Å². The molecule has 3 rings (SSSR count). The third-order valence-corrected chi connectivity index (χ3v) is 8.32. The number of halogens is 1. The fraction of sp³-hybridized carbons (Fsp3) is 0.517. The molecule has 0 aliphatic heterocycles. The minimum atomic E-state index is -3.55. The first-order chi connectivity index (χ1) is 18.1. The Kier molecular flexibility index (Phi) is 10.7. The molecule has 208 valence electrons. The van der Waals surface area contributed by atoms with Crippen LogP contribution < -0.4 is 9.62 Å². The maximum atomic E-state index is 13.6. The standard InChI is InChI=1S/C29H40FN3O4S/c1-4-26(29(35)31-25-12-6-5-7-13-25)32(21-23-16-18-24(30)19-17-23)28(34)15-10-20-33(38(3,36)37)27-14-9-8-11-22(27)2/h8-9,11,14,16-19,25-26H,4-7,10,12-13,15,20-21H2,1-3H3,(H,31,35)/t26-/m1/s1. The van der Waals surface area contributed by atoms with Gasteiger partial charge in [0, 0.05) is 25.6 Å². The summed E-state index contributed by atoms with van der Waals surface area (Å²) in [4.78, 5) is 28.4. The minimum Gasteiger partial charge on any atom is -0.352 e. The lowest BCUT2D eigenvalue weighted by Crippen LogP contribution is -2.51. The average Bonchev–Trinajstić information content (AvgIpc) is 2.88. The van der Waals surface area contributed by atoms with E-state index in [2.05, 4.69) is 5.32 Å². The Morgan fingerprint density at radius 2 is 1.71 bits per heavy atom. The molecule has 2 aromatic rings. The van der Waals surface area contributed by atoms with Gasteiger partial charge in [-0.25, -0.2) is 12.8 Å². The Hall–Kier alpha value is -2.94. The first-order valence-electron chi connectivity index (χ1n) is 13.5. The van der Waals surface area contributed by atoms with Gasteiger partial charge in [-0.3, -0.25) is 13.9 Å². The van der Waals surface area contributed by atoms with Gasteiger partial charge in [0.1, 0.15) is 11.9 Å². The van der Waals surface area contributed by atoms with Crippen LogP contribution in [-0.4, -0.2) is 50.0 Å². The summed E-state index contributed by atoms with van der Waals surface area (Å²) in [5, 5.41) is 3.14. The van der Waals surface area contributed by atoms with Gasteiger partial charge >= 0.3 is 0 Å². The molecule has 1 aliphatic rings. The molecule has 7 nitrogen and oxygen atoms in total. The molecule has 2 amide bonds. The SMILES string of the molecule is CC[C@H](C(=O)NC1CCCCC1)N(Cc1ccc(F)cc1)C(=O)CCCN(c1ccccc1C)S(C)(=O)=O. The van der Waals surface area contributed by atoms with Crippen molar-refractivity contribution in [1.82, 2.24) is 10.2 Å². The highest BCUT2D eigenvalue weighted by atomic mass is 32.2. The summed E-state index contributed by atoms with van der Waals surface area (Å²) in [7, 11) is -3.55. The highest BCUT2D eigenvalue weighted by Crippen LogP contribution is 2.23. The summed E-state index contributed by atoms with van der Waals surface area (Å²) in [5.74, 6) is -0.781. The zero-order valence-corrected chi connectivity index (χ0v) is 23.5. The van der Waals surface area contributed by atoms with E-state index in [0.717, 1.165) is 43.1 Å². The summed E-state index contributed by atoms with van der Waals surface area (Å²) in [6, 6.07) is 12.6. The van der Waals surface area contributed by atoms with Crippen molar-refractivity contribution in [2.75, 3.05) is 17.1 Å². The predicted molar refractivity (Wildman–Crippen MR) is 149 cm³/mol. The van der Waals surface area contributed by atoms with Crippen LogP contribution >= 0.6 is 0 Å². The molecule has 38 heavy (non-hydrogen) atoms. The lowest BCUT2D eigenvalue weighted by atomic mass is 9.95. The normalized spacial score (nSPS) is 15.1. The van der Waals surface area contributed by atoms with E-state index in [0.29, 0.717) is 18.5 Å². The number of nitrogens with zero attached hydrogens (tertiary/aromatic N) is 2. The number of hydrogen-bond acceptors (Lipinski definition) is 4. The fourth-order valence-corrected chi connectivity index (χ4v) is 6.10. The van der Waals surface area contributed by atoms with Crippen LogP contribution in [0.5, 0.6) is 0 Å². The van der Waals surface area contributed by atoms with Crippen molar-refractivity contribution in [2.24, 2.45) is 0 Å². The monoisotopic (exact) mass is 545 g/mol. The number of sulfonamides is 1. The molecule has 1 atom stereocenters. The third-order valence-electron chi connectivity index (χ3n) is 7.14. The molecule has 0 bridgehead atoms. The van der Waals surface area contributed by atoms with Crippen LogP contribution in [0.2, 0.25) is 0 Å². The van der Waals surface area contributed by atoms with Crippen LogP contribution in [0, 0.1) is 12.7 Å². The molecule has 2 aromatic carbocycles. The van der Waals surface area contributed by atoms with Crippen LogP contribution in [-0.2, 0) is 26.2 Å². The zero-order chi connectivity index (χ0) is 27.7. The van der Waals surface area contributed by atoms with Gasteiger partial charge in [0.25, 0.3) is 0 Å². The highest BCUT2D eigenvalue weighted by Gasteiger charge is 2.30. The quantitative estimate of drug-likeness (QED) is 0.410. The van der Waals surface area contributed by atoms with Crippen molar-refractivity contribution < 1.29 is 22.4 Å². The lowest BCUT2D eigenvalue weighted by Gasteiger charge is -2.33. The maximum Gasteiger partial charge on any atom is 0.243 e. The van der Waals surface area contributed by atoms with Crippen LogP contribution in [0.4, 0.5) is 10.1 Å². The lowest BCUT2D eigenvalue weighted by molar-refractivity contribution is -0.141. The summed E-state index contributed by atoms with van der Waals surface area (Å²) >= 11 is 0.